The van der Waals surface area contributed by atoms with Crippen molar-refractivity contribution in [3.63, 3.8) is 0 Å². The maximum Gasteiger partial charge on any atom is 0.325 e. The summed E-state index contributed by atoms with van der Waals surface area (Å²) in [6, 6.07) is 6.81. The lowest BCUT2D eigenvalue weighted by Crippen LogP contribution is -2.47. The lowest BCUT2D eigenvalue weighted by molar-refractivity contribution is -0.132. The van der Waals surface area contributed by atoms with E-state index in [1.807, 2.05) is 12.1 Å². The number of rotatable bonds is 3. The summed E-state index contributed by atoms with van der Waals surface area (Å²) in [7, 11) is 0. The number of urea groups is 1. The second-order valence-corrected chi connectivity index (χ2v) is 7.76. The van der Waals surface area contributed by atoms with E-state index >= 15 is 0 Å². The number of hydrogen-bond donors (Lipinski definition) is 1. The highest BCUT2D eigenvalue weighted by Crippen LogP contribution is 2.33. The number of nitrogens with zero attached hydrogens (tertiary/aromatic N) is 2. The molecule has 7 heteroatoms. The van der Waals surface area contributed by atoms with Crippen molar-refractivity contribution in [3.8, 4) is 11.5 Å². The minimum absolute atomic E-state index is 0.115. The first kappa shape index (κ1) is 18.0. The summed E-state index contributed by atoms with van der Waals surface area (Å²) in [6.07, 6.45) is 8.26. The molecule has 1 aliphatic carbocycles. The smallest absolute Gasteiger partial charge is 0.325 e. The van der Waals surface area contributed by atoms with Crippen LogP contribution in [-0.2, 0) is 11.3 Å². The Balaban J connectivity index is 1.50. The lowest BCUT2D eigenvalue weighted by Gasteiger charge is -2.28. The number of benzene rings is 1. The van der Waals surface area contributed by atoms with Crippen LogP contribution in [-0.4, -0.2) is 27.4 Å². The Kier molecular flexibility index (Phi) is 4.91. The van der Waals surface area contributed by atoms with Crippen molar-refractivity contribution in [2.24, 2.45) is 0 Å². The van der Waals surface area contributed by atoms with Crippen LogP contribution in [0.15, 0.2) is 34.9 Å². The standard InChI is InChI=1S/C20H22ClN3O3/c21-15-8-6-14(7-9-15)17-22-16(13-27-17)12-24-18(25)20(23-19(24)26)10-4-2-1-3-5-11-20/h6-9,13H,1-5,10-12H2,(H,23,26). The zero-order chi connectivity index (χ0) is 18.9. The molecular formula is C20H22ClN3O3. The average Bonchev–Trinajstić information content (AvgIpc) is 3.18. The van der Waals surface area contributed by atoms with Crippen molar-refractivity contribution < 1.29 is 14.0 Å². The molecule has 4 rings (SSSR count). The molecule has 1 aromatic heterocycles. The maximum atomic E-state index is 13.0. The summed E-state index contributed by atoms with van der Waals surface area (Å²) in [5, 5.41) is 3.60. The molecule has 1 spiro atoms. The van der Waals surface area contributed by atoms with E-state index in [-0.39, 0.29) is 18.5 Å². The second kappa shape index (κ2) is 7.35. The Morgan fingerprint density at radius 1 is 1.07 bits per heavy atom. The van der Waals surface area contributed by atoms with Gasteiger partial charge in [-0.25, -0.2) is 9.78 Å². The number of amides is 3. The first-order valence-electron chi connectivity index (χ1n) is 9.42. The van der Waals surface area contributed by atoms with E-state index in [2.05, 4.69) is 10.3 Å². The van der Waals surface area contributed by atoms with Crippen LogP contribution < -0.4 is 5.32 Å². The Labute approximate surface area is 162 Å². The van der Waals surface area contributed by atoms with Gasteiger partial charge < -0.3 is 9.73 Å². The van der Waals surface area contributed by atoms with Crippen LogP contribution in [0.2, 0.25) is 5.02 Å². The van der Waals surface area contributed by atoms with Gasteiger partial charge in [-0.1, -0.05) is 43.7 Å². The Morgan fingerprint density at radius 2 is 1.74 bits per heavy atom. The molecule has 0 unspecified atom stereocenters. The zero-order valence-electron chi connectivity index (χ0n) is 15.0. The molecule has 2 aromatic rings. The fraction of sp³-hybridized carbons (Fsp3) is 0.450. The Hall–Kier alpha value is -2.34. The number of aromatic nitrogens is 1. The first-order chi connectivity index (χ1) is 13.1. The molecule has 0 radical (unpaired) electrons. The topological polar surface area (TPSA) is 75.4 Å². The summed E-state index contributed by atoms with van der Waals surface area (Å²) in [6.45, 7) is 0.115. The minimum atomic E-state index is -0.736. The summed E-state index contributed by atoms with van der Waals surface area (Å²) >= 11 is 5.90. The van der Waals surface area contributed by atoms with Gasteiger partial charge in [0.1, 0.15) is 11.8 Å². The maximum absolute atomic E-state index is 13.0. The number of halogens is 1. The van der Waals surface area contributed by atoms with E-state index in [4.69, 9.17) is 16.0 Å². The van der Waals surface area contributed by atoms with Crippen LogP contribution in [0.1, 0.15) is 50.6 Å². The number of hydrogen-bond acceptors (Lipinski definition) is 4. The van der Waals surface area contributed by atoms with Crippen LogP contribution >= 0.6 is 11.6 Å². The SMILES string of the molecule is O=C1NC2(CCCCCCC2)C(=O)N1Cc1coc(-c2ccc(Cl)cc2)n1. The van der Waals surface area contributed by atoms with E-state index in [0.717, 1.165) is 31.2 Å². The van der Waals surface area contributed by atoms with Gasteiger partial charge in [-0.15, -0.1) is 0 Å². The second-order valence-electron chi connectivity index (χ2n) is 7.32. The number of carbonyl (C=O) groups excluding carboxylic acids is 2. The summed E-state index contributed by atoms with van der Waals surface area (Å²) in [4.78, 5) is 31.2. The van der Waals surface area contributed by atoms with Crippen molar-refractivity contribution in [2.45, 2.75) is 57.0 Å². The van der Waals surface area contributed by atoms with Crippen LogP contribution in [0.25, 0.3) is 11.5 Å². The summed E-state index contributed by atoms with van der Waals surface area (Å²) in [5.41, 5.74) is 0.603. The number of imide groups is 1. The van der Waals surface area contributed by atoms with Gasteiger partial charge in [0.2, 0.25) is 5.89 Å². The Bertz CT molecular complexity index is 838. The molecule has 2 heterocycles. The van der Waals surface area contributed by atoms with E-state index in [9.17, 15) is 9.59 Å². The molecule has 1 N–H and O–H groups in total. The molecule has 2 aliphatic rings. The summed E-state index contributed by atoms with van der Waals surface area (Å²) in [5.74, 6) is 0.305. The molecule has 1 aliphatic heterocycles. The van der Waals surface area contributed by atoms with Crippen molar-refractivity contribution >= 4 is 23.5 Å². The largest absolute Gasteiger partial charge is 0.444 e. The van der Waals surface area contributed by atoms with Crippen molar-refractivity contribution in [1.29, 1.82) is 0 Å². The monoisotopic (exact) mass is 387 g/mol. The van der Waals surface area contributed by atoms with Gasteiger partial charge in [0.05, 0.1) is 12.2 Å². The Morgan fingerprint density at radius 3 is 2.44 bits per heavy atom. The van der Waals surface area contributed by atoms with E-state index in [0.29, 0.717) is 29.4 Å². The fourth-order valence-corrected chi connectivity index (χ4v) is 4.06. The first-order valence-corrected chi connectivity index (χ1v) is 9.80. The third kappa shape index (κ3) is 3.58. The van der Waals surface area contributed by atoms with E-state index < -0.39 is 5.54 Å². The molecule has 2 fully saturated rings. The predicted molar refractivity (Wildman–Crippen MR) is 101 cm³/mol. The average molecular weight is 388 g/mol. The number of oxazole rings is 1. The van der Waals surface area contributed by atoms with E-state index in [1.165, 1.54) is 17.6 Å². The van der Waals surface area contributed by atoms with Gasteiger partial charge in [-0.3, -0.25) is 9.69 Å². The third-order valence-corrected chi connectivity index (χ3v) is 5.67. The molecule has 0 atom stereocenters. The highest BCUT2D eigenvalue weighted by atomic mass is 35.5. The van der Waals surface area contributed by atoms with Gasteiger partial charge in [0.15, 0.2) is 0 Å². The normalized spacial score (nSPS) is 19.8. The fourth-order valence-electron chi connectivity index (χ4n) is 3.93. The zero-order valence-corrected chi connectivity index (χ0v) is 15.8. The van der Waals surface area contributed by atoms with Gasteiger partial charge in [0.25, 0.3) is 5.91 Å². The van der Waals surface area contributed by atoms with Crippen LogP contribution in [0.5, 0.6) is 0 Å². The molecule has 142 valence electrons. The van der Waals surface area contributed by atoms with Crippen molar-refractivity contribution in [1.82, 2.24) is 15.2 Å². The van der Waals surface area contributed by atoms with Gasteiger partial charge >= 0.3 is 6.03 Å². The molecule has 3 amide bonds. The highest BCUT2D eigenvalue weighted by Gasteiger charge is 2.50. The molecule has 1 saturated carbocycles. The van der Waals surface area contributed by atoms with Crippen LogP contribution in [0.4, 0.5) is 4.79 Å². The third-order valence-electron chi connectivity index (χ3n) is 5.42. The number of carbonyl (C=O) groups is 2. The van der Waals surface area contributed by atoms with E-state index in [1.54, 1.807) is 12.1 Å². The van der Waals surface area contributed by atoms with Gasteiger partial charge in [-0.05, 0) is 37.1 Å². The number of nitrogens with one attached hydrogen (secondary N) is 1. The lowest BCUT2D eigenvalue weighted by atomic mass is 9.84. The minimum Gasteiger partial charge on any atom is -0.444 e. The molecule has 0 bridgehead atoms. The predicted octanol–water partition coefficient (Wildman–Crippen LogP) is 4.53. The van der Waals surface area contributed by atoms with Crippen LogP contribution in [0, 0.1) is 0 Å². The molecule has 1 saturated heterocycles. The van der Waals surface area contributed by atoms with Crippen molar-refractivity contribution in [3.05, 3.63) is 41.2 Å². The molecule has 27 heavy (non-hydrogen) atoms. The molecule has 6 nitrogen and oxygen atoms in total. The molecular weight excluding hydrogens is 366 g/mol. The van der Waals surface area contributed by atoms with Gasteiger partial charge in [-0.2, -0.15) is 0 Å². The highest BCUT2D eigenvalue weighted by molar-refractivity contribution is 6.30. The summed E-state index contributed by atoms with van der Waals surface area (Å²) < 4.78 is 5.52. The van der Waals surface area contributed by atoms with Gasteiger partial charge in [0, 0.05) is 10.6 Å². The van der Waals surface area contributed by atoms with Crippen LogP contribution in [0.3, 0.4) is 0 Å². The van der Waals surface area contributed by atoms with Crippen molar-refractivity contribution in [2.75, 3.05) is 0 Å². The quantitative estimate of drug-likeness (QED) is 0.785. The molecule has 1 aromatic carbocycles.